The number of fused-ring (bicyclic) bond motifs is 3. The van der Waals surface area contributed by atoms with Crippen LogP contribution in [0.5, 0.6) is 23.0 Å². The molecule has 6 nitrogen and oxygen atoms in total. The van der Waals surface area contributed by atoms with E-state index in [1.807, 2.05) is 18.2 Å². The molecule has 0 saturated carbocycles. The van der Waals surface area contributed by atoms with Gasteiger partial charge in [-0.05, 0) is 34.9 Å². The lowest BCUT2D eigenvalue weighted by atomic mass is 9.94. The molecular formula is C18H21NO5. The summed E-state index contributed by atoms with van der Waals surface area (Å²) in [5.74, 6) is 2.36. The van der Waals surface area contributed by atoms with E-state index in [1.54, 1.807) is 28.4 Å². The number of ether oxygens (including phenoxy) is 5. The molecule has 0 spiro atoms. The molecular weight excluding hydrogens is 310 g/mol. The number of rotatable bonds is 4. The van der Waals surface area contributed by atoms with Gasteiger partial charge in [0.05, 0.1) is 47.3 Å². The minimum Gasteiger partial charge on any atom is -0.495 e. The first-order valence-electron chi connectivity index (χ1n) is 7.50. The smallest absolute Gasteiger partial charge is 0.203 e. The fourth-order valence-corrected chi connectivity index (χ4v) is 3.06. The summed E-state index contributed by atoms with van der Waals surface area (Å²) in [6.07, 6.45) is 0. The van der Waals surface area contributed by atoms with Crippen LogP contribution < -0.4 is 24.7 Å². The van der Waals surface area contributed by atoms with Crippen molar-refractivity contribution in [1.29, 1.82) is 0 Å². The highest BCUT2D eigenvalue weighted by Crippen LogP contribution is 2.49. The third-order valence-electron chi connectivity index (χ3n) is 4.15. The van der Waals surface area contributed by atoms with E-state index in [0.29, 0.717) is 41.9 Å². The van der Waals surface area contributed by atoms with E-state index in [2.05, 4.69) is 0 Å². The lowest BCUT2D eigenvalue weighted by Gasteiger charge is -2.19. The summed E-state index contributed by atoms with van der Waals surface area (Å²) >= 11 is 0. The fourth-order valence-electron chi connectivity index (χ4n) is 3.06. The largest absolute Gasteiger partial charge is 0.495 e. The predicted molar refractivity (Wildman–Crippen MR) is 91.0 cm³/mol. The van der Waals surface area contributed by atoms with Crippen molar-refractivity contribution in [3.05, 3.63) is 29.3 Å². The summed E-state index contributed by atoms with van der Waals surface area (Å²) in [5.41, 5.74) is 10.4. The van der Waals surface area contributed by atoms with Gasteiger partial charge in [-0.1, -0.05) is 0 Å². The van der Waals surface area contributed by atoms with Gasteiger partial charge in [0.15, 0.2) is 11.5 Å². The molecule has 0 bridgehead atoms. The molecule has 0 unspecified atom stereocenters. The normalized spacial score (nSPS) is 12.7. The maximum absolute atomic E-state index is 6.04. The van der Waals surface area contributed by atoms with Crippen LogP contribution in [0.3, 0.4) is 0 Å². The third-order valence-corrected chi connectivity index (χ3v) is 4.15. The van der Waals surface area contributed by atoms with E-state index in [-0.39, 0.29) is 0 Å². The molecule has 0 saturated heterocycles. The molecule has 0 radical (unpaired) electrons. The van der Waals surface area contributed by atoms with Crippen LogP contribution in [0.25, 0.3) is 11.1 Å². The van der Waals surface area contributed by atoms with Crippen LogP contribution in [0.2, 0.25) is 0 Å². The molecule has 2 aromatic rings. The molecule has 3 rings (SSSR count). The molecule has 0 aliphatic carbocycles. The van der Waals surface area contributed by atoms with Crippen LogP contribution in [-0.2, 0) is 18.0 Å². The van der Waals surface area contributed by atoms with Crippen molar-refractivity contribution in [2.75, 3.05) is 34.2 Å². The van der Waals surface area contributed by atoms with Crippen LogP contribution in [0.4, 0.5) is 5.69 Å². The van der Waals surface area contributed by atoms with Crippen LogP contribution in [0.15, 0.2) is 18.2 Å². The molecule has 0 aromatic heterocycles. The summed E-state index contributed by atoms with van der Waals surface area (Å²) < 4.78 is 27.8. The summed E-state index contributed by atoms with van der Waals surface area (Å²) in [6.45, 7) is 0.884. The number of hydrogen-bond donors (Lipinski definition) is 1. The molecule has 0 atom stereocenters. The second kappa shape index (κ2) is 6.49. The number of nitrogens with two attached hydrogens (primary N) is 1. The molecule has 6 heteroatoms. The Kier molecular flexibility index (Phi) is 4.40. The van der Waals surface area contributed by atoms with E-state index in [1.165, 1.54) is 0 Å². The molecule has 0 amide bonds. The van der Waals surface area contributed by atoms with Gasteiger partial charge in [-0.2, -0.15) is 0 Å². The Bertz CT molecular complexity index is 773. The molecule has 0 fully saturated rings. The van der Waals surface area contributed by atoms with E-state index in [0.717, 1.165) is 22.3 Å². The van der Waals surface area contributed by atoms with E-state index in [9.17, 15) is 0 Å². The lowest BCUT2D eigenvalue weighted by molar-refractivity contribution is 0.109. The van der Waals surface area contributed by atoms with Crippen molar-refractivity contribution in [3.63, 3.8) is 0 Å². The number of nitrogen functional groups attached to an aromatic ring is 1. The SMILES string of the molecule is COc1cc2c(cc1N)COCc1cc(OC)c(OC)c(OC)c1-2. The second-order valence-corrected chi connectivity index (χ2v) is 5.42. The average Bonchev–Trinajstić information content (AvgIpc) is 2.77. The highest BCUT2D eigenvalue weighted by atomic mass is 16.5. The summed E-state index contributed by atoms with van der Waals surface area (Å²) in [6, 6.07) is 5.70. The van der Waals surface area contributed by atoms with Gasteiger partial charge in [0.25, 0.3) is 0 Å². The zero-order valence-corrected chi connectivity index (χ0v) is 14.3. The summed E-state index contributed by atoms with van der Waals surface area (Å²) in [5, 5.41) is 0. The van der Waals surface area contributed by atoms with Gasteiger partial charge >= 0.3 is 0 Å². The average molecular weight is 331 g/mol. The summed E-state index contributed by atoms with van der Waals surface area (Å²) in [4.78, 5) is 0. The second-order valence-electron chi connectivity index (χ2n) is 5.42. The highest BCUT2D eigenvalue weighted by molar-refractivity contribution is 5.84. The molecule has 128 valence electrons. The maximum Gasteiger partial charge on any atom is 0.203 e. The van der Waals surface area contributed by atoms with Crippen LogP contribution in [-0.4, -0.2) is 28.4 Å². The fraction of sp³-hybridized carbons (Fsp3) is 0.333. The first kappa shape index (κ1) is 16.3. The molecule has 24 heavy (non-hydrogen) atoms. The standard InChI is InChI=1S/C18H21NO5/c1-20-14-7-12-10(5-13(14)19)8-24-9-11-6-15(21-2)17(22-3)18(23-4)16(11)12/h5-7H,8-9,19H2,1-4H3. The monoisotopic (exact) mass is 331 g/mol. The molecule has 1 heterocycles. The Morgan fingerprint density at radius 2 is 1.46 bits per heavy atom. The Balaban J connectivity index is 2.36. The van der Waals surface area contributed by atoms with E-state index >= 15 is 0 Å². The predicted octanol–water partition coefficient (Wildman–Crippen LogP) is 3.00. The van der Waals surface area contributed by atoms with Crippen molar-refractivity contribution < 1.29 is 23.7 Å². The van der Waals surface area contributed by atoms with Crippen LogP contribution >= 0.6 is 0 Å². The van der Waals surface area contributed by atoms with Gasteiger partial charge in [0, 0.05) is 5.56 Å². The van der Waals surface area contributed by atoms with Gasteiger partial charge in [-0.25, -0.2) is 0 Å². The van der Waals surface area contributed by atoms with Crippen molar-refractivity contribution in [2.45, 2.75) is 13.2 Å². The van der Waals surface area contributed by atoms with Gasteiger partial charge in [-0.15, -0.1) is 0 Å². The van der Waals surface area contributed by atoms with Crippen molar-refractivity contribution in [1.82, 2.24) is 0 Å². The van der Waals surface area contributed by atoms with Gasteiger partial charge in [0.1, 0.15) is 5.75 Å². The molecule has 2 aromatic carbocycles. The van der Waals surface area contributed by atoms with Gasteiger partial charge < -0.3 is 29.4 Å². The number of anilines is 1. The minimum absolute atomic E-state index is 0.433. The van der Waals surface area contributed by atoms with Crippen LogP contribution in [0.1, 0.15) is 11.1 Å². The number of benzene rings is 2. The van der Waals surface area contributed by atoms with Crippen LogP contribution in [0, 0.1) is 0 Å². The van der Waals surface area contributed by atoms with E-state index < -0.39 is 0 Å². The van der Waals surface area contributed by atoms with E-state index in [4.69, 9.17) is 29.4 Å². The Labute approximate surface area is 141 Å². The molecule has 2 N–H and O–H groups in total. The zero-order chi connectivity index (χ0) is 17.3. The Morgan fingerprint density at radius 1 is 0.792 bits per heavy atom. The summed E-state index contributed by atoms with van der Waals surface area (Å²) in [7, 11) is 6.39. The Morgan fingerprint density at radius 3 is 2.08 bits per heavy atom. The third kappa shape index (κ3) is 2.49. The minimum atomic E-state index is 0.433. The van der Waals surface area contributed by atoms with Gasteiger partial charge in [0.2, 0.25) is 5.75 Å². The van der Waals surface area contributed by atoms with Crippen molar-refractivity contribution in [2.24, 2.45) is 0 Å². The lowest BCUT2D eigenvalue weighted by Crippen LogP contribution is -2.01. The topological polar surface area (TPSA) is 72.2 Å². The maximum atomic E-state index is 6.04. The first-order valence-corrected chi connectivity index (χ1v) is 7.50. The van der Waals surface area contributed by atoms with Crippen molar-refractivity contribution in [3.8, 4) is 34.1 Å². The quantitative estimate of drug-likeness (QED) is 0.868. The molecule has 1 aliphatic rings. The van der Waals surface area contributed by atoms with Crippen molar-refractivity contribution >= 4 is 5.69 Å². The number of methoxy groups -OCH3 is 4. The van der Waals surface area contributed by atoms with Gasteiger partial charge in [-0.3, -0.25) is 0 Å². The Hall–Kier alpha value is -2.60. The molecule has 1 aliphatic heterocycles. The zero-order valence-electron chi connectivity index (χ0n) is 14.3. The first-order chi connectivity index (χ1) is 11.6. The number of hydrogen-bond acceptors (Lipinski definition) is 6. The highest BCUT2D eigenvalue weighted by Gasteiger charge is 2.26.